The zero-order chi connectivity index (χ0) is 15.5. The minimum absolute atomic E-state index is 0.205. The van der Waals surface area contributed by atoms with Gasteiger partial charge in [0.2, 0.25) is 0 Å². The van der Waals surface area contributed by atoms with E-state index in [9.17, 15) is 0 Å². The third kappa shape index (κ3) is 1.70. The van der Waals surface area contributed by atoms with Gasteiger partial charge in [-0.2, -0.15) is 0 Å². The Balaban J connectivity index is 2.05. The second kappa shape index (κ2) is 4.35. The molecule has 2 aromatic carbocycles. The van der Waals surface area contributed by atoms with Gasteiger partial charge in [0.15, 0.2) is 0 Å². The van der Waals surface area contributed by atoms with Crippen LogP contribution in [0.5, 0.6) is 0 Å². The average Bonchev–Trinajstić information content (AvgIpc) is 2.50. The summed E-state index contributed by atoms with van der Waals surface area (Å²) in [4.78, 5) is 0. The molecule has 2 aliphatic rings. The predicted molar refractivity (Wildman–Crippen MR) is 95.2 cm³/mol. The topological polar surface area (TPSA) is 0 Å². The van der Waals surface area contributed by atoms with Gasteiger partial charge in [-0.1, -0.05) is 76.2 Å². The summed E-state index contributed by atoms with van der Waals surface area (Å²) in [5.41, 5.74) is 6.30. The molecule has 0 radical (unpaired) electrons. The molecule has 0 saturated carbocycles. The maximum Gasteiger partial charge on any atom is -0.00434 e. The third-order valence-electron chi connectivity index (χ3n) is 6.30. The molecular weight excluding hydrogens is 264 g/mol. The number of benzene rings is 2. The number of hydrogen-bond acceptors (Lipinski definition) is 0. The highest BCUT2D eigenvalue weighted by atomic mass is 14.4. The van der Waals surface area contributed by atoms with Crippen molar-refractivity contribution in [2.75, 3.05) is 0 Å². The molecule has 0 nitrogen and oxygen atoms in total. The summed E-state index contributed by atoms with van der Waals surface area (Å²) in [6.07, 6.45) is 7.11. The van der Waals surface area contributed by atoms with E-state index in [1.54, 1.807) is 0 Å². The van der Waals surface area contributed by atoms with Crippen molar-refractivity contribution in [3.63, 3.8) is 0 Å². The maximum absolute atomic E-state index is 2.48. The van der Waals surface area contributed by atoms with Gasteiger partial charge in [0.25, 0.3) is 0 Å². The monoisotopic (exact) mass is 288 g/mol. The number of hydrogen-bond donors (Lipinski definition) is 0. The molecule has 22 heavy (non-hydrogen) atoms. The van der Waals surface area contributed by atoms with E-state index < -0.39 is 0 Å². The molecule has 2 aromatic rings. The Kier molecular flexibility index (Phi) is 2.73. The van der Waals surface area contributed by atoms with Gasteiger partial charge in [0.05, 0.1) is 0 Å². The molecule has 0 N–H and O–H groups in total. The van der Waals surface area contributed by atoms with Gasteiger partial charge in [-0.15, -0.1) is 0 Å². The fourth-order valence-corrected chi connectivity index (χ4v) is 4.01. The first-order chi connectivity index (χ1) is 10.4. The van der Waals surface area contributed by atoms with E-state index in [0.29, 0.717) is 5.41 Å². The van der Waals surface area contributed by atoms with E-state index in [4.69, 9.17) is 0 Å². The zero-order valence-corrected chi connectivity index (χ0v) is 14.0. The summed E-state index contributed by atoms with van der Waals surface area (Å²) in [6, 6.07) is 13.6. The summed E-state index contributed by atoms with van der Waals surface area (Å²) in [7, 11) is 0. The fraction of sp³-hybridized carbons (Fsp3) is 0.364. The summed E-state index contributed by atoms with van der Waals surface area (Å²) in [6.45, 7) is 9.60. The van der Waals surface area contributed by atoms with E-state index in [-0.39, 0.29) is 5.41 Å². The van der Waals surface area contributed by atoms with Crippen molar-refractivity contribution in [2.45, 2.75) is 46.0 Å². The summed E-state index contributed by atoms with van der Waals surface area (Å²) < 4.78 is 0. The molecule has 4 rings (SSSR count). The van der Waals surface area contributed by atoms with Gasteiger partial charge in [-0.3, -0.25) is 0 Å². The SMILES string of the molecule is CC1(C)CC=c2c(ccc3c2=CCc2ccccc2-3)C1(C)C. The van der Waals surface area contributed by atoms with Crippen LogP contribution in [0, 0.1) is 5.41 Å². The molecule has 0 fully saturated rings. The Morgan fingerprint density at radius 2 is 1.55 bits per heavy atom. The van der Waals surface area contributed by atoms with Gasteiger partial charge < -0.3 is 0 Å². The first-order valence-corrected chi connectivity index (χ1v) is 8.34. The largest absolute Gasteiger partial charge is 0.0758 e. The Morgan fingerprint density at radius 1 is 0.773 bits per heavy atom. The fourth-order valence-electron chi connectivity index (χ4n) is 4.01. The molecule has 0 bridgehead atoms. The Bertz CT molecular complexity index is 879. The summed E-state index contributed by atoms with van der Waals surface area (Å²) >= 11 is 0. The maximum atomic E-state index is 2.48. The molecule has 0 aliphatic heterocycles. The first kappa shape index (κ1) is 13.8. The Hall–Kier alpha value is -1.82. The van der Waals surface area contributed by atoms with Gasteiger partial charge in [0.1, 0.15) is 0 Å². The lowest BCUT2D eigenvalue weighted by Crippen LogP contribution is -2.48. The van der Waals surface area contributed by atoms with Crippen LogP contribution in [-0.4, -0.2) is 0 Å². The van der Waals surface area contributed by atoms with E-state index >= 15 is 0 Å². The van der Waals surface area contributed by atoms with E-state index in [1.165, 1.54) is 32.7 Å². The highest BCUT2D eigenvalue weighted by molar-refractivity contribution is 5.74. The van der Waals surface area contributed by atoms with Crippen LogP contribution in [0.3, 0.4) is 0 Å². The minimum atomic E-state index is 0.205. The lowest BCUT2D eigenvalue weighted by atomic mass is 9.59. The van der Waals surface area contributed by atoms with Gasteiger partial charge in [-0.05, 0) is 56.4 Å². The van der Waals surface area contributed by atoms with Crippen LogP contribution in [0.25, 0.3) is 23.3 Å². The smallest absolute Gasteiger partial charge is 0.00434 e. The molecule has 0 unspecified atom stereocenters. The first-order valence-electron chi connectivity index (χ1n) is 8.34. The van der Waals surface area contributed by atoms with Gasteiger partial charge in [0, 0.05) is 0 Å². The second-order valence-electron chi connectivity index (χ2n) is 7.97. The van der Waals surface area contributed by atoms with Crippen molar-refractivity contribution in [1.82, 2.24) is 0 Å². The third-order valence-corrected chi connectivity index (χ3v) is 6.30. The van der Waals surface area contributed by atoms with Crippen LogP contribution in [0.4, 0.5) is 0 Å². The van der Waals surface area contributed by atoms with E-state index in [2.05, 4.69) is 76.2 Å². The summed E-state index contributed by atoms with van der Waals surface area (Å²) in [5.74, 6) is 0. The Labute approximate surface area is 133 Å². The standard InChI is InChI=1S/C22H24/c1-21(2)14-13-19-18-10-9-15-7-5-6-8-16(15)17(18)11-12-20(19)22(21,3)4/h5-8,10-13H,9,14H2,1-4H3. The van der Waals surface area contributed by atoms with Crippen molar-refractivity contribution in [2.24, 2.45) is 5.41 Å². The molecule has 0 atom stereocenters. The van der Waals surface area contributed by atoms with Crippen LogP contribution in [0.2, 0.25) is 0 Å². The predicted octanol–water partition coefficient (Wildman–Crippen LogP) is 4.18. The summed E-state index contributed by atoms with van der Waals surface area (Å²) in [5, 5.41) is 2.94. The Morgan fingerprint density at radius 3 is 2.36 bits per heavy atom. The molecule has 0 amide bonds. The van der Waals surface area contributed by atoms with E-state index in [0.717, 1.165) is 12.8 Å². The number of fused-ring (bicyclic) bond motifs is 5. The molecule has 0 spiro atoms. The van der Waals surface area contributed by atoms with Crippen molar-refractivity contribution in [3.05, 3.63) is 58.0 Å². The minimum Gasteiger partial charge on any atom is -0.0758 e. The van der Waals surface area contributed by atoms with Crippen molar-refractivity contribution in [1.29, 1.82) is 0 Å². The highest BCUT2D eigenvalue weighted by Crippen LogP contribution is 2.45. The quantitative estimate of drug-likeness (QED) is 0.682. The van der Waals surface area contributed by atoms with Crippen molar-refractivity contribution in [3.8, 4) is 11.1 Å². The van der Waals surface area contributed by atoms with Gasteiger partial charge >= 0.3 is 0 Å². The van der Waals surface area contributed by atoms with Crippen LogP contribution < -0.4 is 10.4 Å². The lowest BCUT2D eigenvalue weighted by molar-refractivity contribution is 0.198. The van der Waals surface area contributed by atoms with Crippen LogP contribution in [0.1, 0.15) is 45.2 Å². The average molecular weight is 288 g/mol. The van der Waals surface area contributed by atoms with Crippen LogP contribution >= 0.6 is 0 Å². The molecular formula is C22H24. The molecule has 2 aliphatic carbocycles. The molecule has 112 valence electrons. The highest BCUT2D eigenvalue weighted by Gasteiger charge is 2.40. The van der Waals surface area contributed by atoms with E-state index in [1.807, 2.05) is 0 Å². The van der Waals surface area contributed by atoms with Crippen LogP contribution in [0.15, 0.2) is 36.4 Å². The zero-order valence-electron chi connectivity index (χ0n) is 14.0. The van der Waals surface area contributed by atoms with Gasteiger partial charge in [-0.25, -0.2) is 0 Å². The van der Waals surface area contributed by atoms with Crippen molar-refractivity contribution >= 4 is 12.2 Å². The molecule has 0 aromatic heterocycles. The lowest BCUT2D eigenvalue weighted by Gasteiger charge is -2.45. The normalized spacial score (nSPS) is 20.0. The van der Waals surface area contributed by atoms with Crippen LogP contribution in [-0.2, 0) is 11.8 Å². The number of rotatable bonds is 0. The molecule has 0 heterocycles. The molecule has 0 heteroatoms. The second-order valence-corrected chi connectivity index (χ2v) is 7.97. The molecule has 0 saturated heterocycles. The van der Waals surface area contributed by atoms with Crippen molar-refractivity contribution < 1.29 is 0 Å².